The molecule has 0 radical (unpaired) electrons. The molecule has 0 fully saturated rings. The molecule has 2 aromatic carbocycles. The molecule has 0 bridgehead atoms. The second-order valence-corrected chi connectivity index (χ2v) is 5.72. The van der Waals surface area contributed by atoms with Gasteiger partial charge in [-0.25, -0.2) is 4.79 Å². The molecular formula is C16H11BrClNO3. The Labute approximate surface area is 141 Å². The molecule has 0 saturated heterocycles. The minimum Gasteiger partial charge on any atom is -0.479 e. The monoisotopic (exact) mass is 379 g/mol. The summed E-state index contributed by atoms with van der Waals surface area (Å²) >= 11 is 9.27. The molecule has 0 aliphatic rings. The molecule has 4 nitrogen and oxygen atoms in total. The summed E-state index contributed by atoms with van der Waals surface area (Å²) < 4.78 is 11.5. The molecule has 0 amide bonds. The zero-order chi connectivity index (χ0) is 16.1. The largest absolute Gasteiger partial charge is 0.479 e. The average molecular weight is 381 g/mol. The molecule has 0 aliphatic heterocycles. The summed E-state index contributed by atoms with van der Waals surface area (Å²) in [5.74, 6) is 0.105. The van der Waals surface area contributed by atoms with Crippen molar-refractivity contribution in [2.75, 3.05) is 0 Å². The first kappa shape index (κ1) is 16.3. The van der Waals surface area contributed by atoms with Gasteiger partial charge < -0.3 is 9.47 Å². The van der Waals surface area contributed by atoms with Gasteiger partial charge in [0, 0.05) is 4.47 Å². The van der Waals surface area contributed by atoms with Gasteiger partial charge in [0.2, 0.25) is 0 Å². The van der Waals surface area contributed by atoms with E-state index in [0.717, 1.165) is 4.47 Å². The molecule has 1 unspecified atom stereocenters. The Kier molecular flexibility index (Phi) is 5.42. The van der Waals surface area contributed by atoms with Gasteiger partial charge >= 0.3 is 5.97 Å². The van der Waals surface area contributed by atoms with Gasteiger partial charge in [0.1, 0.15) is 11.5 Å². The molecule has 0 saturated carbocycles. The van der Waals surface area contributed by atoms with E-state index in [4.69, 9.17) is 26.3 Å². The summed E-state index contributed by atoms with van der Waals surface area (Å²) in [5, 5.41) is 9.16. The number of nitriles is 1. The molecule has 112 valence electrons. The van der Waals surface area contributed by atoms with Crippen LogP contribution in [0.3, 0.4) is 0 Å². The van der Waals surface area contributed by atoms with Crippen molar-refractivity contribution in [1.29, 1.82) is 5.26 Å². The lowest BCUT2D eigenvalue weighted by Crippen LogP contribution is -2.28. The van der Waals surface area contributed by atoms with Crippen LogP contribution in [-0.2, 0) is 4.79 Å². The minimum absolute atomic E-state index is 0.260. The van der Waals surface area contributed by atoms with Crippen LogP contribution in [0.5, 0.6) is 11.5 Å². The number of ether oxygens (including phenoxy) is 2. The van der Waals surface area contributed by atoms with Crippen LogP contribution in [-0.4, -0.2) is 12.1 Å². The van der Waals surface area contributed by atoms with Crippen LogP contribution < -0.4 is 9.47 Å². The van der Waals surface area contributed by atoms with Crippen LogP contribution in [0.1, 0.15) is 12.5 Å². The lowest BCUT2D eigenvalue weighted by Gasteiger charge is -2.14. The first-order valence-electron chi connectivity index (χ1n) is 6.33. The highest BCUT2D eigenvalue weighted by molar-refractivity contribution is 9.10. The molecular weight excluding hydrogens is 370 g/mol. The fourth-order valence-corrected chi connectivity index (χ4v) is 2.35. The van der Waals surface area contributed by atoms with Crippen LogP contribution in [0.25, 0.3) is 0 Å². The van der Waals surface area contributed by atoms with Gasteiger partial charge in [-0.05, 0) is 43.3 Å². The fourth-order valence-electron chi connectivity index (χ4n) is 1.64. The van der Waals surface area contributed by atoms with Crippen LogP contribution >= 0.6 is 27.5 Å². The third-order valence-corrected chi connectivity index (χ3v) is 3.50. The summed E-state index contributed by atoms with van der Waals surface area (Å²) in [6.07, 6.45) is -0.839. The van der Waals surface area contributed by atoms with Crippen molar-refractivity contribution in [2.45, 2.75) is 13.0 Å². The normalized spacial score (nSPS) is 11.4. The highest BCUT2D eigenvalue weighted by Gasteiger charge is 2.18. The summed E-state index contributed by atoms with van der Waals surface area (Å²) in [6, 6.07) is 13.5. The van der Waals surface area contributed by atoms with Gasteiger partial charge in [-0.2, -0.15) is 5.26 Å². The molecule has 0 aromatic heterocycles. The second kappa shape index (κ2) is 7.30. The Bertz CT molecular complexity index is 742. The molecule has 0 spiro atoms. The highest BCUT2D eigenvalue weighted by Crippen LogP contribution is 2.28. The fraction of sp³-hybridized carbons (Fsp3) is 0.125. The molecule has 0 N–H and O–H groups in total. The van der Waals surface area contributed by atoms with Crippen LogP contribution in [0.4, 0.5) is 0 Å². The minimum atomic E-state index is -0.839. The number of carbonyl (C=O) groups is 1. The maximum absolute atomic E-state index is 12.0. The van der Waals surface area contributed by atoms with E-state index in [1.54, 1.807) is 49.4 Å². The Hall–Kier alpha value is -2.03. The van der Waals surface area contributed by atoms with Gasteiger partial charge in [-0.1, -0.05) is 33.6 Å². The van der Waals surface area contributed by atoms with Crippen molar-refractivity contribution < 1.29 is 14.3 Å². The molecule has 0 heterocycles. The van der Waals surface area contributed by atoms with E-state index >= 15 is 0 Å². The smallest absolute Gasteiger partial charge is 0.352 e. The Morgan fingerprint density at radius 1 is 1.32 bits per heavy atom. The summed E-state index contributed by atoms with van der Waals surface area (Å²) in [5.41, 5.74) is 0.453. The standard InChI is InChI=1S/C16H11BrClNO3/c1-10(21-13-4-2-3-11(7-13)9-19)16(20)22-15-6-5-12(17)8-14(15)18/h2-8,10H,1H3. The Morgan fingerprint density at radius 3 is 2.77 bits per heavy atom. The number of carbonyl (C=O) groups excluding carboxylic acids is 1. The predicted molar refractivity (Wildman–Crippen MR) is 86.0 cm³/mol. The van der Waals surface area contributed by atoms with E-state index < -0.39 is 12.1 Å². The van der Waals surface area contributed by atoms with Crippen molar-refractivity contribution in [3.8, 4) is 17.6 Å². The average Bonchev–Trinajstić information content (AvgIpc) is 2.50. The molecule has 0 aliphatic carbocycles. The number of hydrogen-bond acceptors (Lipinski definition) is 4. The van der Waals surface area contributed by atoms with E-state index in [2.05, 4.69) is 15.9 Å². The van der Waals surface area contributed by atoms with Crippen molar-refractivity contribution in [1.82, 2.24) is 0 Å². The van der Waals surface area contributed by atoms with Gasteiger partial charge in [0.25, 0.3) is 0 Å². The van der Waals surface area contributed by atoms with Gasteiger partial charge in [-0.15, -0.1) is 0 Å². The zero-order valence-electron chi connectivity index (χ0n) is 11.5. The summed E-state index contributed by atoms with van der Waals surface area (Å²) in [4.78, 5) is 12.0. The lowest BCUT2D eigenvalue weighted by atomic mass is 10.2. The number of nitrogens with zero attached hydrogens (tertiary/aromatic N) is 1. The molecule has 6 heteroatoms. The second-order valence-electron chi connectivity index (χ2n) is 4.40. The molecule has 2 rings (SSSR count). The molecule has 1 atom stereocenters. The Balaban J connectivity index is 2.04. The first-order valence-corrected chi connectivity index (χ1v) is 7.50. The Morgan fingerprint density at radius 2 is 2.09 bits per heavy atom. The van der Waals surface area contributed by atoms with E-state index in [1.807, 2.05) is 6.07 Å². The van der Waals surface area contributed by atoms with Crippen molar-refractivity contribution in [2.24, 2.45) is 0 Å². The van der Waals surface area contributed by atoms with Crippen molar-refractivity contribution in [3.63, 3.8) is 0 Å². The predicted octanol–water partition coefficient (Wildman–Crippen LogP) is 4.35. The van der Waals surface area contributed by atoms with E-state index in [-0.39, 0.29) is 5.75 Å². The van der Waals surface area contributed by atoms with Gasteiger partial charge in [-0.3, -0.25) is 0 Å². The van der Waals surface area contributed by atoms with E-state index in [0.29, 0.717) is 16.3 Å². The molecule has 2 aromatic rings. The number of halogens is 2. The molecule has 22 heavy (non-hydrogen) atoms. The highest BCUT2D eigenvalue weighted by atomic mass is 79.9. The number of esters is 1. The van der Waals surface area contributed by atoms with Gasteiger partial charge in [0.05, 0.1) is 16.7 Å². The van der Waals surface area contributed by atoms with Crippen LogP contribution in [0.15, 0.2) is 46.9 Å². The topological polar surface area (TPSA) is 59.3 Å². The number of benzene rings is 2. The van der Waals surface area contributed by atoms with Crippen molar-refractivity contribution in [3.05, 3.63) is 57.5 Å². The van der Waals surface area contributed by atoms with Crippen LogP contribution in [0.2, 0.25) is 5.02 Å². The quantitative estimate of drug-likeness (QED) is 0.584. The maximum atomic E-state index is 12.0. The van der Waals surface area contributed by atoms with Gasteiger partial charge in [0.15, 0.2) is 6.10 Å². The third kappa shape index (κ3) is 4.23. The third-order valence-electron chi connectivity index (χ3n) is 2.71. The number of rotatable bonds is 4. The zero-order valence-corrected chi connectivity index (χ0v) is 13.9. The van der Waals surface area contributed by atoms with Crippen molar-refractivity contribution >= 4 is 33.5 Å². The van der Waals surface area contributed by atoms with E-state index in [1.165, 1.54) is 0 Å². The first-order chi connectivity index (χ1) is 10.5. The SMILES string of the molecule is CC(Oc1cccc(C#N)c1)C(=O)Oc1ccc(Br)cc1Cl. The number of hydrogen-bond donors (Lipinski definition) is 0. The summed E-state index contributed by atoms with van der Waals surface area (Å²) in [7, 11) is 0. The van der Waals surface area contributed by atoms with Crippen LogP contribution in [0, 0.1) is 11.3 Å². The van der Waals surface area contributed by atoms with E-state index in [9.17, 15) is 4.79 Å². The lowest BCUT2D eigenvalue weighted by molar-refractivity contribution is -0.141. The maximum Gasteiger partial charge on any atom is 0.352 e. The summed E-state index contributed by atoms with van der Waals surface area (Å²) in [6.45, 7) is 1.56.